The molecule has 2 amide bonds. The van der Waals surface area contributed by atoms with Gasteiger partial charge >= 0.3 is 19.8 Å². The fourth-order valence-corrected chi connectivity index (χ4v) is 2.72. The number of rotatable bonds is 11. The Kier molecular flexibility index (Phi) is 9.25. The van der Waals surface area contributed by atoms with Crippen LogP contribution < -0.4 is 10.2 Å². The molecule has 1 heterocycles. The van der Waals surface area contributed by atoms with E-state index in [1.165, 1.54) is 7.05 Å². The third-order valence-electron chi connectivity index (χ3n) is 4.26. The van der Waals surface area contributed by atoms with Crippen LogP contribution in [-0.2, 0) is 30.1 Å². The summed E-state index contributed by atoms with van der Waals surface area (Å²) in [6, 6.07) is -0.595. The van der Waals surface area contributed by atoms with Crippen molar-refractivity contribution in [1.29, 1.82) is 0 Å². The number of hydrogen-bond acceptors (Lipinski definition) is 7. The van der Waals surface area contributed by atoms with Crippen molar-refractivity contribution in [1.82, 2.24) is 10.3 Å². The minimum absolute atomic E-state index is 0.0179. The third kappa shape index (κ3) is 8.06. The van der Waals surface area contributed by atoms with E-state index in [-0.39, 0.29) is 28.8 Å². The molecular weight excluding hydrogens is 437 g/mol. The summed E-state index contributed by atoms with van der Waals surface area (Å²) in [6.07, 6.45) is 0.677. The van der Waals surface area contributed by atoms with E-state index in [1.807, 2.05) is 5.32 Å². The van der Waals surface area contributed by atoms with E-state index in [1.54, 1.807) is 13.8 Å². The number of carboxylic acid groups (broad SMARTS) is 2. The van der Waals surface area contributed by atoms with E-state index in [0.29, 0.717) is 6.42 Å². The Morgan fingerprint density at radius 3 is 2.35 bits per heavy atom. The molecule has 0 saturated carbocycles. The highest BCUT2D eigenvalue weighted by molar-refractivity contribution is 7.46. The number of aliphatic carboxylic acids is 2. The summed E-state index contributed by atoms with van der Waals surface area (Å²) in [5.41, 5.74) is -0.255. The molecule has 0 bridgehead atoms. The van der Waals surface area contributed by atoms with Gasteiger partial charge in [0.1, 0.15) is 11.9 Å². The largest absolute Gasteiger partial charge is 0.481 e. The molecule has 0 spiro atoms. The molecule has 1 aromatic heterocycles. The van der Waals surface area contributed by atoms with Crippen LogP contribution >= 0.6 is 7.82 Å². The van der Waals surface area contributed by atoms with Crippen molar-refractivity contribution >= 4 is 37.4 Å². The van der Waals surface area contributed by atoms with Gasteiger partial charge in [-0.2, -0.15) is 0 Å². The van der Waals surface area contributed by atoms with Crippen LogP contribution in [0.5, 0.6) is 0 Å². The molecule has 13 nitrogen and oxygen atoms in total. The maximum absolute atomic E-state index is 12.5. The Hall–Kier alpha value is -2.86. The van der Waals surface area contributed by atoms with Gasteiger partial charge in [-0.05, 0) is 12.5 Å². The van der Waals surface area contributed by atoms with Crippen LogP contribution in [-0.4, -0.2) is 61.8 Å². The molecule has 5 N–H and O–H groups in total. The first-order chi connectivity index (χ1) is 14.3. The van der Waals surface area contributed by atoms with Gasteiger partial charge in [0, 0.05) is 24.7 Å². The smallest absolute Gasteiger partial charge is 0.469 e. The molecule has 0 aliphatic carbocycles. The summed E-state index contributed by atoms with van der Waals surface area (Å²) in [4.78, 5) is 69.9. The number of phosphoric acid groups is 1. The van der Waals surface area contributed by atoms with Gasteiger partial charge in [0.2, 0.25) is 5.91 Å². The number of nitrogens with zero attached hydrogens (tertiary/aromatic N) is 2. The number of pyridine rings is 1. The molecular formula is C17H24N3O10P. The van der Waals surface area contributed by atoms with Gasteiger partial charge in [0.25, 0.3) is 5.91 Å². The Balaban J connectivity index is 3.28. The van der Waals surface area contributed by atoms with E-state index in [9.17, 15) is 23.7 Å². The topological polar surface area (TPSA) is 204 Å². The predicted octanol–water partition coefficient (Wildman–Crippen LogP) is 0.357. The summed E-state index contributed by atoms with van der Waals surface area (Å²) < 4.78 is 15.6. The number of carbonyl (C=O) groups excluding carboxylic acids is 2. The minimum atomic E-state index is -4.90. The van der Waals surface area contributed by atoms with Gasteiger partial charge in [0.05, 0.1) is 18.6 Å². The van der Waals surface area contributed by atoms with Crippen LogP contribution in [0.1, 0.15) is 42.6 Å². The SMILES string of the molecule is CCC(C)C(=O)N(C)c1ncc(C(=O)N[C@@H](CC(=O)O)C(=O)O)cc1COP(=O)(O)O. The summed E-state index contributed by atoms with van der Waals surface area (Å²) in [6.45, 7) is 2.77. The van der Waals surface area contributed by atoms with Crippen LogP contribution in [0.2, 0.25) is 0 Å². The fraction of sp³-hybridized carbons (Fsp3) is 0.471. The maximum atomic E-state index is 12.5. The first-order valence-electron chi connectivity index (χ1n) is 8.98. The standard InChI is InChI=1S/C17H24N3O10P/c1-4-9(2)16(24)20(3)14-11(8-30-31(27,28)29)5-10(7-18-14)15(23)19-12(17(25)26)6-13(21)22/h5,7,9,12H,4,6,8H2,1-3H3,(H,19,23)(H,21,22)(H,25,26)(H2,27,28,29)/t9?,12-/m0/s1. The summed E-state index contributed by atoms with van der Waals surface area (Å²) in [5, 5.41) is 19.8. The second-order valence-corrected chi connectivity index (χ2v) is 7.88. The number of aromatic nitrogens is 1. The maximum Gasteiger partial charge on any atom is 0.469 e. The van der Waals surface area contributed by atoms with Crippen molar-refractivity contribution in [3.05, 3.63) is 23.4 Å². The van der Waals surface area contributed by atoms with Crippen LogP contribution in [0.15, 0.2) is 12.3 Å². The zero-order valence-corrected chi connectivity index (χ0v) is 17.9. The van der Waals surface area contributed by atoms with Crippen molar-refractivity contribution in [3.63, 3.8) is 0 Å². The van der Waals surface area contributed by atoms with Crippen molar-refractivity contribution in [2.24, 2.45) is 5.92 Å². The third-order valence-corrected chi connectivity index (χ3v) is 4.72. The van der Waals surface area contributed by atoms with Gasteiger partial charge in [0.15, 0.2) is 0 Å². The zero-order chi connectivity index (χ0) is 23.9. The fourth-order valence-electron chi connectivity index (χ4n) is 2.42. The molecule has 0 fully saturated rings. The van der Waals surface area contributed by atoms with Gasteiger partial charge in [-0.15, -0.1) is 0 Å². The first kappa shape index (κ1) is 26.2. The molecule has 31 heavy (non-hydrogen) atoms. The molecule has 0 radical (unpaired) electrons. The summed E-state index contributed by atoms with van der Waals surface area (Å²) >= 11 is 0. The van der Waals surface area contributed by atoms with Gasteiger partial charge in [-0.25, -0.2) is 14.3 Å². The molecule has 0 aliphatic rings. The Labute approximate surface area is 177 Å². The molecule has 172 valence electrons. The highest BCUT2D eigenvalue weighted by Gasteiger charge is 2.26. The monoisotopic (exact) mass is 461 g/mol. The van der Waals surface area contributed by atoms with Crippen LogP contribution in [0, 0.1) is 5.92 Å². The molecule has 0 aliphatic heterocycles. The second-order valence-electron chi connectivity index (χ2n) is 6.64. The van der Waals surface area contributed by atoms with Gasteiger partial charge in [-0.1, -0.05) is 13.8 Å². The number of amides is 2. The molecule has 14 heteroatoms. The van der Waals surface area contributed by atoms with Crippen LogP contribution in [0.25, 0.3) is 0 Å². The minimum Gasteiger partial charge on any atom is -0.481 e. The lowest BCUT2D eigenvalue weighted by Crippen LogP contribution is -2.42. The lowest BCUT2D eigenvalue weighted by atomic mass is 10.1. The number of carbonyl (C=O) groups is 4. The molecule has 2 atom stereocenters. The summed E-state index contributed by atoms with van der Waals surface area (Å²) in [7, 11) is -3.50. The van der Waals surface area contributed by atoms with Crippen molar-refractivity contribution in [2.75, 3.05) is 11.9 Å². The van der Waals surface area contributed by atoms with Crippen molar-refractivity contribution in [2.45, 2.75) is 39.3 Å². The van der Waals surface area contributed by atoms with E-state index >= 15 is 0 Å². The zero-order valence-electron chi connectivity index (χ0n) is 17.0. The first-order valence-corrected chi connectivity index (χ1v) is 10.5. The number of anilines is 1. The second kappa shape index (κ2) is 11.0. The molecule has 0 saturated heterocycles. The lowest BCUT2D eigenvalue weighted by molar-refractivity contribution is -0.145. The van der Waals surface area contributed by atoms with E-state index in [4.69, 9.17) is 20.0 Å². The lowest BCUT2D eigenvalue weighted by Gasteiger charge is -2.23. The molecule has 0 aromatic carbocycles. The van der Waals surface area contributed by atoms with E-state index in [0.717, 1.165) is 17.2 Å². The highest BCUT2D eigenvalue weighted by Crippen LogP contribution is 2.38. The molecule has 1 rings (SSSR count). The van der Waals surface area contributed by atoms with Gasteiger partial charge in [-0.3, -0.25) is 23.8 Å². The molecule has 1 unspecified atom stereocenters. The van der Waals surface area contributed by atoms with E-state index < -0.39 is 44.7 Å². The van der Waals surface area contributed by atoms with E-state index in [2.05, 4.69) is 9.51 Å². The number of hydrogen-bond donors (Lipinski definition) is 5. The van der Waals surface area contributed by atoms with Crippen LogP contribution in [0.3, 0.4) is 0 Å². The van der Waals surface area contributed by atoms with Gasteiger partial charge < -0.3 is 25.3 Å². The van der Waals surface area contributed by atoms with Crippen LogP contribution in [0.4, 0.5) is 5.82 Å². The quantitative estimate of drug-likeness (QED) is 0.284. The summed E-state index contributed by atoms with van der Waals surface area (Å²) in [5.74, 6) is -4.72. The van der Waals surface area contributed by atoms with Crippen molar-refractivity contribution in [3.8, 4) is 0 Å². The number of carboxylic acids is 2. The Morgan fingerprint density at radius 2 is 1.87 bits per heavy atom. The average Bonchev–Trinajstić information content (AvgIpc) is 2.68. The van der Waals surface area contributed by atoms with Crippen molar-refractivity contribution < 1.29 is 48.3 Å². The number of phosphoric ester groups is 1. The number of nitrogens with one attached hydrogen (secondary N) is 1. The highest BCUT2D eigenvalue weighted by atomic mass is 31.2. The predicted molar refractivity (Wildman–Crippen MR) is 105 cm³/mol. The Bertz CT molecular complexity index is 900. The molecule has 1 aromatic rings. The Morgan fingerprint density at radius 1 is 1.26 bits per heavy atom. The normalized spacial score (nSPS) is 13.2. The average molecular weight is 461 g/mol.